The van der Waals surface area contributed by atoms with E-state index in [1.54, 1.807) is 0 Å². The number of hydrogen-bond acceptors (Lipinski definition) is 4. The van der Waals surface area contributed by atoms with Gasteiger partial charge in [-0.3, -0.25) is 0 Å². The molecule has 1 aliphatic rings. The van der Waals surface area contributed by atoms with Gasteiger partial charge in [-0.25, -0.2) is 4.98 Å². The number of benzene rings is 1. The molecule has 2 heterocycles. The highest BCUT2D eigenvalue weighted by Gasteiger charge is 2.14. The fraction of sp³-hybridized carbons (Fsp3) is 0.438. The number of aromatic nitrogens is 1. The molecule has 1 N–H and O–H groups in total. The molecule has 0 saturated carbocycles. The Balaban J connectivity index is 1.48. The quantitative estimate of drug-likeness (QED) is 0.858. The Morgan fingerprint density at radius 2 is 2.25 bits per heavy atom. The molecule has 0 radical (unpaired) electrons. The van der Waals surface area contributed by atoms with Crippen molar-refractivity contribution < 1.29 is 4.74 Å². The zero-order chi connectivity index (χ0) is 13.8. The number of nitrogens with zero attached hydrogens (tertiary/aromatic N) is 1. The lowest BCUT2D eigenvalue weighted by Crippen LogP contribution is -2.22. The van der Waals surface area contributed by atoms with Crippen LogP contribution in [0.3, 0.4) is 0 Å². The Kier molecular flexibility index (Phi) is 4.33. The summed E-state index contributed by atoms with van der Waals surface area (Å²) in [4.78, 5) is 6.16. The lowest BCUT2D eigenvalue weighted by Gasteiger charge is -2.09. The van der Waals surface area contributed by atoms with Gasteiger partial charge in [-0.05, 0) is 25.0 Å². The maximum Gasteiger partial charge on any atom is 0.122 e. The molecule has 0 spiro atoms. The van der Waals surface area contributed by atoms with Crippen molar-refractivity contribution in [1.29, 1.82) is 0 Å². The van der Waals surface area contributed by atoms with Crippen molar-refractivity contribution in [3.8, 4) is 5.75 Å². The molecule has 0 bridgehead atoms. The summed E-state index contributed by atoms with van der Waals surface area (Å²) in [5.74, 6) is 0.995. The van der Waals surface area contributed by atoms with Crippen LogP contribution in [0.1, 0.15) is 27.6 Å². The number of aryl methyl sites for hydroxylation is 2. The molecule has 1 aromatic carbocycles. The van der Waals surface area contributed by atoms with Gasteiger partial charge in [-0.15, -0.1) is 11.3 Å². The summed E-state index contributed by atoms with van der Waals surface area (Å²) in [5.41, 5.74) is 2.51. The molecule has 0 saturated heterocycles. The minimum atomic E-state index is 0.757. The summed E-state index contributed by atoms with van der Waals surface area (Å²) in [6.45, 7) is 4.89. The van der Waals surface area contributed by atoms with Crippen LogP contribution in [-0.2, 0) is 19.4 Å². The standard InChI is InChI=1S/C16H20N2OS/c1-12-5-2-3-6-14(12)19-10-4-7-16-18-13-8-9-17-11-15(13)20-16/h2-3,5-6,17H,4,7-11H2,1H3. The van der Waals surface area contributed by atoms with Crippen LogP contribution in [0, 0.1) is 6.92 Å². The predicted octanol–water partition coefficient (Wildman–Crippen LogP) is 3.11. The van der Waals surface area contributed by atoms with Crippen LogP contribution in [0.25, 0.3) is 0 Å². The van der Waals surface area contributed by atoms with E-state index < -0.39 is 0 Å². The molecule has 4 heteroatoms. The van der Waals surface area contributed by atoms with Crippen molar-refractivity contribution in [2.45, 2.75) is 32.7 Å². The molecule has 2 aromatic rings. The van der Waals surface area contributed by atoms with E-state index in [9.17, 15) is 0 Å². The maximum atomic E-state index is 5.83. The zero-order valence-electron chi connectivity index (χ0n) is 11.8. The molecular weight excluding hydrogens is 268 g/mol. The van der Waals surface area contributed by atoms with Gasteiger partial charge < -0.3 is 10.1 Å². The summed E-state index contributed by atoms with van der Waals surface area (Å²) in [6.07, 6.45) is 3.11. The van der Waals surface area contributed by atoms with Crippen molar-refractivity contribution in [2.75, 3.05) is 13.2 Å². The maximum absolute atomic E-state index is 5.83. The number of ether oxygens (including phenoxy) is 1. The minimum absolute atomic E-state index is 0.757. The van der Waals surface area contributed by atoms with Gasteiger partial charge in [0.15, 0.2) is 0 Å². The second-order valence-electron chi connectivity index (χ2n) is 5.12. The normalized spacial score (nSPS) is 14.1. The molecule has 1 aromatic heterocycles. The molecule has 0 atom stereocenters. The summed E-state index contributed by atoms with van der Waals surface area (Å²) < 4.78 is 5.83. The third-order valence-corrected chi connectivity index (χ3v) is 4.69. The average molecular weight is 288 g/mol. The zero-order valence-corrected chi connectivity index (χ0v) is 12.6. The SMILES string of the molecule is Cc1ccccc1OCCCc1nc2c(s1)CNCC2. The fourth-order valence-corrected chi connectivity index (χ4v) is 3.54. The van der Waals surface area contributed by atoms with Gasteiger partial charge in [0.2, 0.25) is 0 Å². The summed E-state index contributed by atoms with van der Waals surface area (Å²) in [7, 11) is 0. The van der Waals surface area contributed by atoms with E-state index in [4.69, 9.17) is 9.72 Å². The Morgan fingerprint density at radius 3 is 3.10 bits per heavy atom. The molecule has 20 heavy (non-hydrogen) atoms. The van der Waals surface area contributed by atoms with Gasteiger partial charge in [0.05, 0.1) is 17.3 Å². The van der Waals surface area contributed by atoms with Gasteiger partial charge >= 0.3 is 0 Å². The first-order chi connectivity index (χ1) is 9.83. The van der Waals surface area contributed by atoms with Crippen LogP contribution in [0.5, 0.6) is 5.75 Å². The topological polar surface area (TPSA) is 34.1 Å². The molecule has 0 fully saturated rings. The van der Waals surface area contributed by atoms with Gasteiger partial charge in [0, 0.05) is 30.8 Å². The number of rotatable bonds is 5. The molecule has 3 rings (SSSR count). The smallest absolute Gasteiger partial charge is 0.122 e. The molecule has 106 valence electrons. The first-order valence-corrected chi connectivity index (χ1v) is 8.01. The van der Waals surface area contributed by atoms with Gasteiger partial charge in [-0.1, -0.05) is 18.2 Å². The lowest BCUT2D eigenvalue weighted by atomic mass is 10.2. The predicted molar refractivity (Wildman–Crippen MR) is 82.5 cm³/mol. The molecule has 0 aliphatic carbocycles. The van der Waals surface area contributed by atoms with Gasteiger partial charge in [0.1, 0.15) is 5.75 Å². The number of hydrogen-bond donors (Lipinski definition) is 1. The van der Waals surface area contributed by atoms with E-state index in [-0.39, 0.29) is 0 Å². The summed E-state index contributed by atoms with van der Waals surface area (Å²) >= 11 is 1.86. The van der Waals surface area contributed by atoms with E-state index in [1.807, 2.05) is 29.5 Å². The first-order valence-electron chi connectivity index (χ1n) is 7.19. The Labute approximate surface area is 124 Å². The van der Waals surface area contributed by atoms with E-state index >= 15 is 0 Å². The molecule has 0 unspecified atom stereocenters. The Bertz CT molecular complexity index is 556. The molecular formula is C16H20N2OS. The Morgan fingerprint density at radius 1 is 1.35 bits per heavy atom. The largest absolute Gasteiger partial charge is 0.493 e. The van der Waals surface area contributed by atoms with Crippen molar-refractivity contribution in [3.05, 3.63) is 45.4 Å². The van der Waals surface area contributed by atoms with Crippen LogP contribution in [-0.4, -0.2) is 18.1 Å². The van der Waals surface area contributed by atoms with Crippen molar-refractivity contribution in [2.24, 2.45) is 0 Å². The second-order valence-corrected chi connectivity index (χ2v) is 6.29. The van der Waals surface area contributed by atoms with Crippen LogP contribution >= 0.6 is 11.3 Å². The molecule has 3 nitrogen and oxygen atoms in total. The number of nitrogens with one attached hydrogen (secondary N) is 1. The highest BCUT2D eigenvalue weighted by Crippen LogP contribution is 2.22. The monoisotopic (exact) mass is 288 g/mol. The lowest BCUT2D eigenvalue weighted by molar-refractivity contribution is 0.309. The minimum Gasteiger partial charge on any atom is -0.493 e. The van der Waals surface area contributed by atoms with E-state index in [0.717, 1.165) is 44.7 Å². The van der Waals surface area contributed by atoms with Crippen LogP contribution in [0.4, 0.5) is 0 Å². The van der Waals surface area contributed by atoms with E-state index in [1.165, 1.54) is 21.1 Å². The summed E-state index contributed by atoms with van der Waals surface area (Å²) in [5, 5.41) is 4.65. The van der Waals surface area contributed by atoms with Crippen LogP contribution in [0.15, 0.2) is 24.3 Å². The average Bonchev–Trinajstić information content (AvgIpc) is 2.88. The molecule has 1 aliphatic heterocycles. The van der Waals surface area contributed by atoms with Crippen molar-refractivity contribution >= 4 is 11.3 Å². The highest BCUT2D eigenvalue weighted by atomic mass is 32.1. The number of fused-ring (bicyclic) bond motifs is 1. The van der Waals surface area contributed by atoms with E-state index in [0.29, 0.717) is 0 Å². The third-order valence-electron chi connectivity index (χ3n) is 3.53. The van der Waals surface area contributed by atoms with Crippen LogP contribution in [0.2, 0.25) is 0 Å². The number of para-hydroxylation sites is 1. The number of thiazole rings is 1. The Hall–Kier alpha value is -1.39. The summed E-state index contributed by atoms with van der Waals surface area (Å²) in [6, 6.07) is 8.17. The van der Waals surface area contributed by atoms with Gasteiger partial charge in [0.25, 0.3) is 0 Å². The second kappa shape index (κ2) is 6.37. The fourth-order valence-electron chi connectivity index (χ4n) is 2.41. The molecule has 0 amide bonds. The van der Waals surface area contributed by atoms with Crippen molar-refractivity contribution in [3.63, 3.8) is 0 Å². The van der Waals surface area contributed by atoms with Crippen molar-refractivity contribution in [1.82, 2.24) is 10.3 Å². The van der Waals surface area contributed by atoms with Crippen LogP contribution < -0.4 is 10.1 Å². The van der Waals surface area contributed by atoms with Gasteiger partial charge in [-0.2, -0.15) is 0 Å². The first kappa shape index (κ1) is 13.6. The third kappa shape index (κ3) is 3.19. The van der Waals surface area contributed by atoms with E-state index in [2.05, 4.69) is 18.3 Å². The highest BCUT2D eigenvalue weighted by molar-refractivity contribution is 7.11.